The fraction of sp³-hybridized carbons (Fsp3) is 0.235. The smallest absolute Gasteiger partial charge is 0.238 e. The van der Waals surface area contributed by atoms with Crippen LogP contribution >= 0.6 is 0 Å². The van der Waals surface area contributed by atoms with Crippen molar-refractivity contribution in [1.82, 2.24) is 25.5 Å². The number of aromatic amines is 1. The highest BCUT2D eigenvalue weighted by Crippen LogP contribution is 2.34. The molecule has 0 aliphatic rings. The fourth-order valence-corrected chi connectivity index (χ4v) is 3.47. The molecule has 0 amide bonds. The van der Waals surface area contributed by atoms with Crippen LogP contribution in [0.5, 0.6) is 0 Å². The Hall–Kier alpha value is -2.62. The normalized spacial score (nSPS) is 11.8. The third kappa shape index (κ3) is 3.79. The lowest BCUT2D eigenvalue weighted by Gasteiger charge is -2.15. The summed E-state index contributed by atoms with van der Waals surface area (Å²) in [7, 11) is -1.89. The second-order valence-corrected chi connectivity index (χ2v) is 7.52. The zero-order valence-corrected chi connectivity index (χ0v) is 15.4. The maximum atomic E-state index is 12.0. The minimum atomic E-state index is -3.95. The van der Waals surface area contributed by atoms with Crippen molar-refractivity contribution in [2.75, 3.05) is 13.6 Å². The SMILES string of the molecule is CCN(C)Cc1ccc(-c2cccc(S(N)(=O)=O)c2-c2nn[nH]n2)cc1. The summed E-state index contributed by atoms with van der Waals surface area (Å²) >= 11 is 0. The summed E-state index contributed by atoms with van der Waals surface area (Å²) < 4.78 is 24.1. The Labute approximate surface area is 152 Å². The summed E-state index contributed by atoms with van der Waals surface area (Å²) in [6.45, 7) is 3.90. The second kappa shape index (κ2) is 7.32. The Bertz CT molecular complexity index is 985. The van der Waals surface area contributed by atoms with Crippen molar-refractivity contribution in [3.05, 3.63) is 48.0 Å². The van der Waals surface area contributed by atoms with E-state index >= 15 is 0 Å². The van der Waals surface area contributed by atoms with E-state index in [1.165, 1.54) is 11.6 Å². The summed E-state index contributed by atoms with van der Waals surface area (Å²) in [4.78, 5) is 2.16. The molecular formula is C17H20N6O2S. The Balaban J connectivity index is 2.11. The van der Waals surface area contributed by atoms with E-state index in [1.54, 1.807) is 6.07 Å². The summed E-state index contributed by atoms with van der Waals surface area (Å²) in [6, 6.07) is 12.8. The number of hydrogen-bond acceptors (Lipinski definition) is 6. The monoisotopic (exact) mass is 372 g/mol. The first-order chi connectivity index (χ1) is 12.4. The lowest BCUT2D eigenvalue weighted by atomic mass is 9.98. The first kappa shape index (κ1) is 18.2. The van der Waals surface area contributed by atoms with Gasteiger partial charge in [-0.15, -0.1) is 10.2 Å². The van der Waals surface area contributed by atoms with Crippen molar-refractivity contribution in [3.8, 4) is 22.5 Å². The van der Waals surface area contributed by atoms with E-state index in [9.17, 15) is 8.42 Å². The van der Waals surface area contributed by atoms with Crippen molar-refractivity contribution >= 4 is 10.0 Å². The Morgan fingerprint density at radius 3 is 2.46 bits per heavy atom. The minimum Gasteiger partial charge on any atom is -0.302 e. The Morgan fingerprint density at radius 2 is 1.88 bits per heavy atom. The molecule has 3 aromatic rings. The van der Waals surface area contributed by atoms with Crippen molar-refractivity contribution in [1.29, 1.82) is 0 Å². The molecule has 0 bridgehead atoms. The van der Waals surface area contributed by atoms with Gasteiger partial charge >= 0.3 is 0 Å². The molecule has 0 aliphatic heterocycles. The number of nitrogens with two attached hydrogens (primary N) is 1. The zero-order valence-electron chi connectivity index (χ0n) is 14.5. The summed E-state index contributed by atoms with van der Waals surface area (Å²) in [5.41, 5.74) is 3.02. The van der Waals surface area contributed by atoms with Gasteiger partial charge in [-0.25, -0.2) is 13.6 Å². The summed E-state index contributed by atoms with van der Waals surface area (Å²) in [5, 5.41) is 19.2. The third-order valence-electron chi connectivity index (χ3n) is 4.16. The molecule has 0 radical (unpaired) electrons. The van der Waals surface area contributed by atoms with Crippen LogP contribution in [-0.2, 0) is 16.6 Å². The summed E-state index contributed by atoms with van der Waals surface area (Å²) in [5.74, 6) is 0.180. The van der Waals surface area contributed by atoms with Crippen molar-refractivity contribution < 1.29 is 8.42 Å². The maximum Gasteiger partial charge on any atom is 0.238 e. The molecule has 3 rings (SSSR count). The quantitative estimate of drug-likeness (QED) is 0.679. The predicted molar refractivity (Wildman–Crippen MR) is 98.4 cm³/mol. The van der Waals surface area contributed by atoms with Gasteiger partial charge in [0.1, 0.15) is 0 Å². The van der Waals surface area contributed by atoms with Crippen LogP contribution in [-0.4, -0.2) is 47.5 Å². The molecule has 0 atom stereocenters. The zero-order chi connectivity index (χ0) is 18.7. The van der Waals surface area contributed by atoms with E-state index in [-0.39, 0.29) is 10.7 Å². The van der Waals surface area contributed by atoms with E-state index in [0.717, 1.165) is 18.7 Å². The highest BCUT2D eigenvalue weighted by atomic mass is 32.2. The largest absolute Gasteiger partial charge is 0.302 e. The molecule has 0 saturated heterocycles. The number of hydrogen-bond donors (Lipinski definition) is 2. The molecule has 1 heterocycles. The minimum absolute atomic E-state index is 0.0359. The first-order valence-electron chi connectivity index (χ1n) is 8.07. The van der Waals surface area contributed by atoms with Gasteiger partial charge in [0.05, 0.1) is 10.5 Å². The number of aromatic nitrogens is 4. The predicted octanol–water partition coefficient (Wildman–Crippen LogP) is 1.63. The lowest BCUT2D eigenvalue weighted by Crippen LogP contribution is -2.16. The number of rotatable bonds is 6. The number of benzene rings is 2. The molecular weight excluding hydrogens is 352 g/mol. The number of nitrogens with one attached hydrogen (secondary N) is 1. The van der Waals surface area contributed by atoms with E-state index in [1.807, 2.05) is 30.3 Å². The highest BCUT2D eigenvalue weighted by Gasteiger charge is 2.22. The number of primary sulfonamides is 1. The average Bonchev–Trinajstić information content (AvgIpc) is 3.15. The number of nitrogens with zero attached hydrogens (tertiary/aromatic N) is 4. The van der Waals surface area contributed by atoms with Gasteiger partial charge < -0.3 is 4.90 Å². The van der Waals surface area contributed by atoms with Gasteiger partial charge in [-0.3, -0.25) is 0 Å². The number of sulfonamides is 1. The maximum absolute atomic E-state index is 12.0. The van der Waals surface area contributed by atoms with Gasteiger partial charge in [0.2, 0.25) is 15.8 Å². The molecule has 0 aliphatic carbocycles. The standard InChI is InChI=1S/C17H20N6O2S/c1-3-23(2)11-12-7-9-13(10-8-12)14-5-4-6-15(26(18,24)25)16(14)17-19-21-22-20-17/h4-10H,3,11H2,1-2H3,(H2,18,24,25)(H,19,20,21,22). The lowest BCUT2D eigenvalue weighted by molar-refractivity contribution is 0.346. The van der Waals surface area contributed by atoms with E-state index in [2.05, 4.69) is 39.5 Å². The van der Waals surface area contributed by atoms with Crippen molar-refractivity contribution in [2.45, 2.75) is 18.4 Å². The van der Waals surface area contributed by atoms with Gasteiger partial charge in [-0.1, -0.05) is 43.3 Å². The Morgan fingerprint density at radius 1 is 1.15 bits per heavy atom. The van der Waals surface area contributed by atoms with E-state index in [0.29, 0.717) is 11.1 Å². The number of tetrazole rings is 1. The van der Waals surface area contributed by atoms with Gasteiger partial charge in [-0.05, 0) is 41.6 Å². The average molecular weight is 372 g/mol. The van der Waals surface area contributed by atoms with Crippen LogP contribution in [0.2, 0.25) is 0 Å². The fourth-order valence-electron chi connectivity index (χ4n) is 2.72. The molecule has 136 valence electrons. The molecule has 26 heavy (non-hydrogen) atoms. The molecule has 3 N–H and O–H groups in total. The van der Waals surface area contributed by atoms with Gasteiger partial charge in [-0.2, -0.15) is 5.21 Å². The molecule has 8 nitrogen and oxygen atoms in total. The van der Waals surface area contributed by atoms with Crippen LogP contribution in [0.1, 0.15) is 12.5 Å². The molecule has 0 spiro atoms. The van der Waals surface area contributed by atoms with Crippen LogP contribution in [0, 0.1) is 0 Å². The second-order valence-electron chi connectivity index (χ2n) is 5.99. The van der Waals surface area contributed by atoms with E-state index < -0.39 is 10.0 Å². The topological polar surface area (TPSA) is 118 Å². The molecule has 9 heteroatoms. The van der Waals surface area contributed by atoms with Crippen molar-refractivity contribution in [3.63, 3.8) is 0 Å². The molecule has 0 saturated carbocycles. The van der Waals surface area contributed by atoms with Gasteiger partial charge in [0.25, 0.3) is 0 Å². The van der Waals surface area contributed by atoms with Crippen LogP contribution in [0.25, 0.3) is 22.5 Å². The third-order valence-corrected chi connectivity index (χ3v) is 5.11. The first-order valence-corrected chi connectivity index (χ1v) is 9.62. The van der Waals surface area contributed by atoms with Gasteiger partial charge in [0.15, 0.2) is 0 Å². The number of H-pyrrole nitrogens is 1. The van der Waals surface area contributed by atoms with Crippen LogP contribution in [0.4, 0.5) is 0 Å². The Kier molecular flexibility index (Phi) is 5.12. The molecule has 2 aromatic carbocycles. The van der Waals surface area contributed by atoms with Gasteiger partial charge in [0, 0.05) is 6.54 Å². The highest BCUT2D eigenvalue weighted by molar-refractivity contribution is 7.89. The van der Waals surface area contributed by atoms with Crippen LogP contribution < -0.4 is 5.14 Å². The van der Waals surface area contributed by atoms with Crippen molar-refractivity contribution in [2.24, 2.45) is 5.14 Å². The van der Waals surface area contributed by atoms with Crippen LogP contribution in [0.15, 0.2) is 47.4 Å². The molecule has 0 fully saturated rings. The van der Waals surface area contributed by atoms with E-state index in [4.69, 9.17) is 5.14 Å². The summed E-state index contributed by atoms with van der Waals surface area (Å²) in [6.07, 6.45) is 0. The van der Waals surface area contributed by atoms with Crippen LogP contribution in [0.3, 0.4) is 0 Å². The molecule has 1 aromatic heterocycles. The molecule has 0 unspecified atom stereocenters.